The number of rotatable bonds is 5. The van der Waals surface area contributed by atoms with Gasteiger partial charge in [0.25, 0.3) is 5.91 Å². The number of aromatic hydroxyl groups is 1. The van der Waals surface area contributed by atoms with Crippen LogP contribution in [0.25, 0.3) is 0 Å². The van der Waals surface area contributed by atoms with E-state index in [0.717, 1.165) is 0 Å². The molecule has 4 atom stereocenters. The van der Waals surface area contributed by atoms with E-state index in [-0.39, 0.29) is 40.8 Å². The van der Waals surface area contributed by atoms with Gasteiger partial charge >= 0.3 is 0 Å². The molecule has 3 aliphatic rings. The average Bonchev–Trinajstić information content (AvgIpc) is 2.80. The number of hydrogen-bond donors (Lipinski definition) is 5. The lowest BCUT2D eigenvalue weighted by Crippen LogP contribution is -2.63. The smallest absolute Gasteiger partial charge is 0.255 e. The van der Waals surface area contributed by atoms with Gasteiger partial charge in [-0.1, -0.05) is 6.58 Å². The molecule has 3 aliphatic carbocycles. The van der Waals surface area contributed by atoms with E-state index in [4.69, 9.17) is 5.73 Å². The first-order valence-corrected chi connectivity index (χ1v) is 11.6. The molecule has 1 aromatic rings. The second-order valence-electron chi connectivity index (χ2n) is 10.1. The van der Waals surface area contributed by atoms with E-state index in [1.165, 1.54) is 21.9 Å². The molecule has 37 heavy (non-hydrogen) atoms. The number of carbonyl (C=O) groups is 4. The van der Waals surface area contributed by atoms with Crippen LogP contribution in [0.4, 0.5) is 0 Å². The van der Waals surface area contributed by atoms with Gasteiger partial charge in [-0.25, -0.2) is 0 Å². The minimum Gasteiger partial charge on any atom is -0.510 e. The van der Waals surface area contributed by atoms with E-state index in [1.807, 2.05) is 0 Å². The van der Waals surface area contributed by atoms with Crippen molar-refractivity contribution in [1.29, 1.82) is 0 Å². The van der Waals surface area contributed by atoms with Gasteiger partial charge in [0.15, 0.2) is 11.4 Å². The van der Waals surface area contributed by atoms with E-state index in [1.54, 1.807) is 28.2 Å². The molecular weight excluding hydrogens is 482 g/mol. The standard InChI is InChI=1S/C26H29N3O8/c1-10(28(2)3)20(31)12-6-7-15(30)17-13(12)8-11-9-14-19(29(4)5)22(33)18(25(27)36)24(35)26(14,37)23(34)16(11)21(17)32/h6-7,11,14,19,30,33-34,37H,1,8-9H2,2-5H3,(H2,27,36). The molecule has 0 aromatic heterocycles. The zero-order chi connectivity index (χ0) is 27.7. The molecule has 6 N–H and O–H groups in total. The van der Waals surface area contributed by atoms with Gasteiger partial charge in [0.1, 0.15) is 22.8 Å². The summed E-state index contributed by atoms with van der Waals surface area (Å²) in [6.45, 7) is 3.78. The van der Waals surface area contributed by atoms with Crippen LogP contribution >= 0.6 is 0 Å². The Bertz CT molecular complexity index is 1360. The van der Waals surface area contributed by atoms with Crippen LogP contribution in [-0.4, -0.2) is 93.3 Å². The number of amides is 1. The van der Waals surface area contributed by atoms with Crippen molar-refractivity contribution in [2.24, 2.45) is 17.6 Å². The van der Waals surface area contributed by atoms with Crippen molar-refractivity contribution in [2.45, 2.75) is 24.5 Å². The zero-order valence-corrected chi connectivity index (χ0v) is 20.9. The Kier molecular flexibility index (Phi) is 6.04. The van der Waals surface area contributed by atoms with Crippen molar-refractivity contribution in [3.05, 3.63) is 63.8 Å². The van der Waals surface area contributed by atoms with Gasteiger partial charge in [-0.3, -0.25) is 24.1 Å². The number of ketones is 3. The number of Topliss-reactive ketones (excluding diaryl/α,β-unsaturated/α-hetero) is 3. The third-order valence-corrected chi connectivity index (χ3v) is 7.65. The first-order chi connectivity index (χ1) is 17.2. The van der Waals surface area contributed by atoms with Gasteiger partial charge in [-0.15, -0.1) is 0 Å². The van der Waals surface area contributed by atoms with Crippen LogP contribution in [0.3, 0.4) is 0 Å². The highest BCUT2D eigenvalue weighted by Gasteiger charge is 2.63. The SMILES string of the molecule is C=C(C(=O)c1ccc(O)c2c1CC1CC3C(N(C)C)C(O)=C(C(N)=O)C(=O)C3(O)C(O)=C1C2=O)N(C)C. The fourth-order valence-electron chi connectivity index (χ4n) is 5.82. The van der Waals surface area contributed by atoms with Crippen molar-refractivity contribution in [2.75, 3.05) is 28.2 Å². The summed E-state index contributed by atoms with van der Waals surface area (Å²) in [5, 5.41) is 44.3. The van der Waals surface area contributed by atoms with Crippen molar-refractivity contribution in [3.63, 3.8) is 0 Å². The van der Waals surface area contributed by atoms with E-state index in [9.17, 15) is 39.6 Å². The number of hydrogen-bond acceptors (Lipinski definition) is 10. The lowest BCUT2D eigenvalue weighted by atomic mass is 9.58. The largest absolute Gasteiger partial charge is 0.510 e. The topological polar surface area (TPSA) is 182 Å². The molecule has 0 spiro atoms. The average molecular weight is 512 g/mol. The highest BCUT2D eigenvalue weighted by Crippen LogP contribution is 2.52. The van der Waals surface area contributed by atoms with E-state index < -0.39 is 69.6 Å². The summed E-state index contributed by atoms with van der Waals surface area (Å²) in [4.78, 5) is 55.1. The number of likely N-dealkylation sites (N-methyl/N-ethyl adjacent to an activating group) is 2. The van der Waals surface area contributed by atoms with Gasteiger partial charge in [-0.05, 0) is 50.6 Å². The Labute approximate surface area is 212 Å². The number of nitrogens with zero attached hydrogens (tertiary/aromatic N) is 2. The van der Waals surface area contributed by atoms with E-state index >= 15 is 0 Å². The molecule has 196 valence electrons. The fourth-order valence-corrected chi connectivity index (χ4v) is 5.82. The van der Waals surface area contributed by atoms with Gasteiger partial charge in [0.2, 0.25) is 11.6 Å². The second kappa shape index (κ2) is 8.56. The monoisotopic (exact) mass is 511 g/mol. The van der Waals surface area contributed by atoms with Crippen molar-refractivity contribution < 1.29 is 39.6 Å². The van der Waals surface area contributed by atoms with Crippen molar-refractivity contribution in [3.8, 4) is 5.75 Å². The molecule has 0 aliphatic heterocycles. The van der Waals surface area contributed by atoms with E-state index in [2.05, 4.69) is 6.58 Å². The minimum atomic E-state index is -2.72. The molecule has 0 saturated heterocycles. The van der Waals surface area contributed by atoms with Crippen LogP contribution < -0.4 is 5.73 Å². The third kappa shape index (κ3) is 3.49. The van der Waals surface area contributed by atoms with Crippen LogP contribution in [0, 0.1) is 11.8 Å². The van der Waals surface area contributed by atoms with Crippen molar-refractivity contribution in [1.82, 2.24) is 9.80 Å². The number of phenols is 1. The predicted octanol–water partition coefficient (Wildman–Crippen LogP) is 0.379. The zero-order valence-electron chi connectivity index (χ0n) is 20.9. The summed E-state index contributed by atoms with van der Waals surface area (Å²) in [5.74, 6) is -7.86. The van der Waals surface area contributed by atoms with Crippen molar-refractivity contribution >= 4 is 23.3 Å². The molecule has 0 saturated carbocycles. The molecule has 0 radical (unpaired) electrons. The van der Waals surface area contributed by atoms with Crippen LogP contribution in [0.2, 0.25) is 0 Å². The Morgan fingerprint density at radius 2 is 1.73 bits per heavy atom. The third-order valence-electron chi connectivity index (χ3n) is 7.65. The van der Waals surface area contributed by atoms with Gasteiger partial charge in [-0.2, -0.15) is 0 Å². The number of fused-ring (bicyclic) bond motifs is 3. The van der Waals surface area contributed by atoms with Crippen LogP contribution in [0.1, 0.15) is 32.7 Å². The predicted molar refractivity (Wildman–Crippen MR) is 131 cm³/mol. The molecule has 0 bridgehead atoms. The molecule has 1 amide bonds. The normalized spacial score (nSPS) is 27.0. The van der Waals surface area contributed by atoms with Crippen LogP contribution in [-0.2, 0) is 16.0 Å². The highest BCUT2D eigenvalue weighted by atomic mass is 16.3. The summed E-state index contributed by atoms with van der Waals surface area (Å²) >= 11 is 0. The minimum absolute atomic E-state index is 0.0186. The molecule has 1 aromatic carbocycles. The molecule has 4 unspecified atom stereocenters. The summed E-state index contributed by atoms with van der Waals surface area (Å²) in [6.07, 6.45) is -0.0472. The summed E-state index contributed by atoms with van der Waals surface area (Å²) in [7, 11) is 6.38. The Hall–Kier alpha value is -3.96. The van der Waals surface area contributed by atoms with E-state index in [0.29, 0.717) is 0 Å². The number of allylic oxidation sites excluding steroid dienone is 2. The lowest BCUT2D eigenvalue weighted by Gasteiger charge is -2.50. The highest BCUT2D eigenvalue weighted by molar-refractivity contribution is 6.25. The molecule has 11 heteroatoms. The molecule has 11 nitrogen and oxygen atoms in total. The molecule has 0 heterocycles. The van der Waals surface area contributed by atoms with Gasteiger partial charge in [0, 0.05) is 31.1 Å². The Morgan fingerprint density at radius 3 is 2.27 bits per heavy atom. The maximum absolute atomic E-state index is 13.7. The fraction of sp³-hybridized carbons (Fsp3) is 0.385. The summed E-state index contributed by atoms with van der Waals surface area (Å²) in [6, 6.07) is 1.49. The summed E-state index contributed by atoms with van der Waals surface area (Å²) in [5.41, 5.74) is 1.79. The first kappa shape index (κ1) is 26.1. The lowest BCUT2D eigenvalue weighted by molar-refractivity contribution is -0.148. The quantitative estimate of drug-likeness (QED) is 0.210. The number of aliphatic hydroxyl groups excluding tert-OH is 2. The number of phenolic OH excluding ortho intramolecular Hbond substituents is 1. The summed E-state index contributed by atoms with van der Waals surface area (Å²) < 4.78 is 0. The number of benzene rings is 1. The van der Waals surface area contributed by atoms with Crippen LogP contribution in [0.15, 0.2) is 47.1 Å². The maximum atomic E-state index is 13.7. The second-order valence-corrected chi connectivity index (χ2v) is 10.1. The maximum Gasteiger partial charge on any atom is 0.255 e. The Balaban J connectivity index is 1.95. The number of nitrogens with two attached hydrogens (primary N) is 1. The van der Waals surface area contributed by atoms with Crippen LogP contribution in [0.5, 0.6) is 5.75 Å². The molecule has 4 rings (SSSR count). The Morgan fingerprint density at radius 1 is 1.11 bits per heavy atom. The number of carbonyl (C=O) groups excluding carboxylic acids is 4. The first-order valence-electron chi connectivity index (χ1n) is 11.6. The molecule has 0 fully saturated rings. The molecular formula is C26H29N3O8. The van der Waals surface area contributed by atoms with Gasteiger partial charge < -0.3 is 31.1 Å². The number of primary amides is 1. The number of aliphatic hydroxyl groups is 3. The van der Waals surface area contributed by atoms with Gasteiger partial charge in [0.05, 0.1) is 17.3 Å².